The van der Waals surface area contributed by atoms with E-state index in [1.807, 2.05) is 0 Å². The zero-order valence-electron chi connectivity index (χ0n) is 13.4. The van der Waals surface area contributed by atoms with Crippen LogP contribution in [0.15, 0.2) is 0 Å². The number of aliphatic carboxylic acids is 1. The van der Waals surface area contributed by atoms with Gasteiger partial charge in [0.15, 0.2) is 0 Å². The molecule has 0 heterocycles. The Morgan fingerprint density at radius 1 is 0.900 bits per heavy atom. The van der Waals surface area contributed by atoms with Gasteiger partial charge in [0.2, 0.25) is 0 Å². The number of carbonyl (C=O) groups is 1. The second-order valence-corrected chi connectivity index (χ2v) is 6.66. The second-order valence-electron chi connectivity index (χ2n) is 6.66. The molecule has 1 saturated carbocycles. The molecule has 0 bridgehead atoms. The van der Waals surface area contributed by atoms with Crippen molar-refractivity contribution in [1.29, 1.82) is 0 Å². The lowest BCUT2D eigenvalue weighted by molar-refractivity contribution is -0.137. The number of hydrogen-bond donors (Lipinski definition) is 1. The number of rotatable bonds is 14. The van der Waals surface area contributed by atoms with Gasteiger partial charge in [-0.15, -0.1) is 0 Å². The Morgan fingerprint density at radius 3 is 1.95 bits per heavy atom. The van der Waals surface area contributed by atoms with Crippen LogP contribution in [0.25, 0.3) is 0 Å². The molecule has 2 unspecified atom stereocenters. The minimum absolute atomic E-state index is 0. The third-order valence-corrected chi connectivity index (χ3v) is 4.71. The predicted molar refractivity (Wildman–Crippen MR) is 87.0 cm³/mol. The Kier molecular flexibility index (Phi) is 9.78. The SMILES string of the molecule is CCCCCC1CC1CCCCCCCCCC(=O)O.[HH]. The minimum Gasteiger partial charge on any atom is -0.481 e. The maximum Gasteiger partial charge on any atom is 0.303 e. The van der Waals surface area contributed by atoms with Crippen LogP contribution in [-0.2, 0) is 4.79 Å². The lowest BCUT2D eigenvalue weighted by Crippen LogP contribution is -1.93. The molecule has 1 aliphatic carbocycles. The molecular formula is C18H36O2. The van der Waals surface area contributed by atoms with Gasteiger partial charge in [-0.2, -0.15) is 0 Å². The number of hydrogen-bond acceptors (Lipinski definition) is 1. The largest absolute Gasteiger partial charge is 0.481 e. The van der Waals surface area contributed by atoms with E-state index in [4.69, 9.17) is 5.11 Å². The molecule has 2 heteroatoms. The van der Waals surface area contributed by atoms with Crippen LogP contribution >= 0.6 is 0 Å². The monoisotopic (exact) mass is 284 g/mol. The van der Waals surface area contributed by atoms with Crippen molar-refractivity contribution < 1.29 is 11.3 Å². The summed E-state index contributed by atoms with van der Waals surface area (Å²) in [4.78, 5) is 10.4. The number of unbranched alkanes of at least 4 members (excludes halogenated alkanes) is 8. The predicted octanol–water partition coefficient (Wildman–Crippen LogP) is 6.04. The average molecular weight is 284 g/mol. The highest BCUT2D eigenvalue weighted by molar-refractivity contribution is 5.66. The second kappa shape index (κ2) is 11.2. The summed E-state index contributed by atoms with van der Waals surface area (Å²) >= 11 is 0. The van der Waals surface area contributed by atoms with E-state index in [9.17, 15) is 4.79 Å². The van der Waals surface area contributed by atoms with Crippen molar-refractivity contribution in [2.75, 3.05) is 0 Å². The van der Waals surface area contributed by atoms with Crippen molar-refractivity contribution in [2.24, 2.45) is 11.8 Å². The zero-order chi connectivity index (χ0) is 14.6. The summed E-state index contributed by atoms with van der Waals surface area (Å²) in [5, 5.41) is 8.53. The number of carboxylic acid groups (broad SMARTS) is 1. The van der Waals surface area contributed by atoms with E-state index in [2.05, 4.69) is 6.92 Å². The third-order valence-electron chi connectivity index (χ3n) is 4.71. The lowest BCUT2D eigenvalue weighted by atomic mass is 10.0. The Balaban J connectivity index is 0.00000400. The average Bonchev–Trinajstić information content (AvgIpc) is 3.15. The molecule has 0 radical (unpaired) electrons. The molecule has 0 saturated heterocycles. The molecule has 1 aliphatic rings. The van der Waals surface area contributed by atoms with E-state index in [0.717, 1.165) is 24.7 Å². The molecule has 0 aromatic carbocycles. The zero-order valence-corrected chi connectivity index (χ0v) is 13.4. The molecule has 0 spiro atoms. The van der Waals surface area contributed by atoms with Crippen LogP contribution in [-0.4, -0.2) is 11.1 Å². The summed E-state index contributed by atoms with van der Waals surface area (Å²) in [5.41, 5.74) is 0. The molecule has 0 aliphatic heterocycles. The quantitative estimate of drug-likeness (QED) is 0.394. The van der Waals surface area contributed by atoms with Gasteiger partial charge >= 0.3 is 5.97 Å². The van der Waals surface area contributed by atoms with Crippen LogP contribution < -0.4 is 0 Å². The van der Waals surface area contributed by atoms with Gasteiger partial charge in [0.25, 0.3) is 0 Å². The van der Waals surface area contributed by atoms with Gasteiger partial charge in [-0.25, -0.2) is 0 Å². The van der Waals surface area contributed by atoms with Crippen LogP contribution in [0.2, 0.25) is 0 Å². The third kappa shape index (κ3) is 9.39. The first-order valence-corrected chi connectivity index (χ1v) is 8.95. The highest BCUT2D eigenvalue weighted by atomic mass is 16.4. The summed E-state index contributed by atoms with van der Waals surface area (Å²) in [7, 11) is 0. The highest BCUT2D eigenvalue weighted by Gasteiger charge is 2.34. The Morgan fingerprint density at radius 2 is 1.40 bits per heavy atom. The smallest absolute Gasteiger partial charge is 0.303 e. The Labute approximate surface area is 126 Å². The maximum atomic E-state index is 10.4. The van der Waals surface area contributed by atoms with E-state index in [1.54, 1.807) is 0 Å². The first-order valence-electron chi connectivity index (χ1n) is 8.95. The van der Waals surface area contributed by atoms with E-state index in [-0.39, 0.29) is 1.43 Å². The Bertz CT molecular complexity index is 256. The van der Waals surface area contributed by atoms with E-state index in [1.165, 1.54) is 70.6 Å². The van der Waals surface area contributed by atoms with Crippen molar-refractivity contribution in [3.8, 4) is 0 Å². The number of carboxylic acids is 1. The molecule has 0 aromatic rings. The van der Waals surface area contributed by atoms with Gasteiger partial charge in [0.1, 0.15) is 0 Å². The van der Waals surface area contributed by atoms with Crippen LogP contribution in [0.5, 0.6) is 0 Å². The van der Waals surface area contributed by atoms with Crippen LogP contribution in [0, 0.1) is 11.8 Å². The molecule has 2 nitrogen and oxygen atoms in total. The summed E-state index contributed by atoms with van der Waals surface area (Å²) < 4.78 is 0. The topological polar surface area (TPSA) is 37.3 Å². The summed E-state index contributed by atoms with van der Waals surface area (Å²) in [5.74, 6) is 1.50. The minimum atomic E-state index is -0.650. The van der Waals surface area contributed by atoms with Gasteiger partial charge in [-0.05, 0) is 24.7 Å². The van der Waals surface area contributed by atoms with Gasteiger partial charge in [-0.1, -0.05) is 77.6 Å². The lowest BCUT2D eigenvalue weighted by Gasteiger charge is -2.02. The standard InChI is InChI=1S/C18H34O2.H2/c1-2-3-9-12-16-15-17(16)13-10-7-5-4-6-8-11-14-18(19)20;/h16-17H,2-15H2,1H3,(H,19,20);1H. The molecular weight excluding hydrogens is 248 g/mol. The van der Waals surface area contributed by atoms with E-state index < -0.39 is 5.97 Å². The van der Waals surface area contributed by atoms with Crippen molar-refractivity contribution in [3.05, 3.63) is 0 Å². The summed E-state index contributed by atoms with van der Waals surface area (Å²) in [6.45, 7) is 2.28. The maximum absolute atomic E-state index is 10.4. The first-order chi connectivity index (χ1) is 9.74. The van der Waals surface area contributed by atoms with Crippen molar-refractivity contribution in [1.82, 2.24) is 0 Å². The molecule has 0 aromatic heterocycles. The van der Waals surface area contributed by atoms with Crippen molar-refractivity contribution in [2.45, 2.75) is 96.8 Å². The Hall–Kier alpha value is -0.530. The van der Waals surface area contributed by atoms with E-state index >= 15 is 0 Å². The molecule has 1 N–H and O–H groups in total. The molecule has 1 rings (SSSR count). The van der Waals surface area contributed by atoms with Crippen LogP contribution in [0.4, 0.5) is 0 Å². The van der Waals surface area contributed by atoms with Crippen LogP contribution in [0.1, 0.15) is 98.2 Å². The van der Waals surface area contributed by atoms with Crippen molar-refractivity contribution in [3.63, 3.8) is 0 Å². The fourth-order valence-electron chi connectivity index (χ4n) is 3.24. The summed E-state index contributed by atoms with van der Waals surface area (Å²) in [6, 6.07) is 0. The first kappa shape index (κ1) is 17.5. The highest BCUT2D eigenvalue weighted by Crippen LogP contribution is 2.45. The van der Waals surface area contributed by atoms with Gasteiger partial charge < -0.3 is 5.11 Å². The summed E-state index contributed by atoms with van der Waals surface area (Å²) in [6.07, 6.45) is 17.7. The normalized spacial score (nSPS) is 21.1. The van der Waals surface area contributed by atoms with Gasteiger partial charge in [0.05, 0.1) is 0 Å². The van der Waals surface area contributed by atoms with Gasteiger partial charge in [0, 0.05) is 7.85 Å². The fourth-order valence-corrected chi connectivity index (χ4v) is 3.24. The fraction of sp³-hybridized carbons (Fsp3) is 0.944. The van der Waals surface area contributed by atoms with Crippen LogP contribution in [0.3, 0.4) is 0 Å². The molecule has 120 valence electrons. The molecule has 1 fully saturated rings. The van der Waals surface area contributed by atoms with Crippen molar-refractivity contribution >= 4 is 5.97 Å². The molecule has 20 heavy (non-hydrogen) atoms. The van der Waals surface area contributed by atoms with Gasteiger partial charge in [-0.3, -0.25) is 4.79 Å². The molecule has 0 amide bonds. The molecule has 2 atom stereocenters. The van der Waals surface area contributed by atoms with E-state index in [0.29, 0.717) is 6.42 Å².